The van der Waals surface area contributed by atoms with Gasteiger partial charge in [0.2, 0.25) is 0 Å². The van der Waals surface area contributed by atoms with Gasteiger partial charge in [0.05, 0.1) is 0 Å². The smallest absolute Gasteiger partial charge is 0.407 e. The summed E-state index contributed by atoms with van der Waals surface area (Å²) < 4.78 is 18.7. The predicted octanol–water partition coefficient (Wildman–Crippen LogP) is 3.65. The maximum absolute atomic E-state index is 13.5. The monoisotopic (exact) mass is 324 g/mol. The van der Waals surface area contributed by atoms with E-state index in [1.807, 2.05) is 33.8 Å². The molecule has 0 aliphatic carbocycles. The molecule has 0 saturated carbocycles. The summed E-state index contributed by atoms with van der Waals surface area (Å²) in [5.41, 5.74) is 0.222. The van der Waals surface area contributed by atoms with Gasteiger partial charge in [0.15, 0.2) is 0 Å². The molecule has 23 heavy (non-hydrogen) atoms. The molecule has 1 amide bonds. The van der Waals surface area contributed by atoms with Crippen LogP contribution in [0.5, 0.6) is 0 Å². The van der Waals surface area contributed by atoms with Gasteiger partial charge in [0.1, 0.15) is 11.4 Å². The Morgan fingerprint density at radius 3 is 2.48 bits per heavy atom. The Morgan fingerprint density at radius 1 is 1.22 bits per heavy atom. The van der Waals surface area contributed by atoms with Crippen LogP contribution in [0.4, 0.5) is 9.18 Å². The third-order valence-corrected chi connectivity index (χ3v) is 3.32. The average molecular weight is 324 g/mol. The van der Waals surface area contributed by atoms with Crippen molar-refractivity contribution < 1.29 is 13.9 Å². The number of ether oxygens (including phenoxy) is 1. The molecule has 1 aromatic carbocycles. The first-order chi connectivity index (χ1) is 10.7. The first-order valence-electron chi connectivity index (χ1n) is 8.13. The van der Waals surface area contributed by atoms with Gasteiger partial charge in [-0.25, -0.2) is 9.18 Å². The second-order valence-electron chi connectivity index (χ2n) is 6.98. The number of hydrogen-bond donors (Lipinski definition) is 2. The number of carbonyl (C=O) groups is 1. The summed E-state index contributed by atoms with van der Waals surface area (Å²) in [5.74, 6) is -0.165. The summed E-state index contributed by atoms with van der Waals surface area (Å²) in [4.78, 5) is 11.7. The van der Waals surface area contributed by atoms with Crippen LogP contribution >= 0.6 is 0 Å². The minimum Gasteiger partial charge on any atom is -0.444 e. The number of hydrogen-bond acceptors (Lipinski definition) is 3. The maximum atomic E-state index is 13.5. The summed E-state index contributed by atoms with van der Waals surface area (Å²) in [6, 6.07) is 7.03. The van der Waals surface area contributed by atoms with E-state index in [-0.39, 0.29) is 17.9 Å². The summed E-state index contributed by atoms with van der Waals surface area (Å²) in [7, 11) is 0. The van der Waals surface area contributed by atoms with Gasteiger partial charge in [0.25, 0.3) is 0 Å². The molecule has 0 saturated heterocycles. The van der Waals surface area contributed by atoms with Gasteiger partial charge in [-0.1, -0.05) is 18.2 Å². The van der Waals surface area contributed by atoms with Gasteiger partial charge in [-0.05, 0) is 65.6 Å². The Bertz CT molecular complexity index is 500. The Hall–Kier alpha value is -1.62. The third-order valence-electron chi connectivity index (χ3n) is 3.32. The van der Waals surface area contributed by atoms with Crippen LogP contribution in [0, 0.1) is 5.82 Å². The van der Waals surface area contributed by atoms with Crippen LogP contribution in [0.2, 0.25) is 0 Å². The largest absolute Gasteiger partial charge is 0.444 e. The zero-order valence-electron chi connectivity index (χ0n) is 14.8. The number of alkyl carbamates (subject to hydrolysis) is 1. The highest BCUT2D eigenvalue weighted by atomic mass is 19.1. The van der Waals surface area contributed by atoms with E-state index in [4.69, 9.17) is 4.74 Å². The van der Waals surface area contributed by atoms with E-state index < -0.39 is 11.7 Å². The fourth-order valence-electron chi connectivity index (χ4n) is 2.34. The third kappa shape index (κ3) is 8.55. The highest BCUT2D eigenvalue weighted by molar-refractivity contribution is 5.68. The number of halogens is 1. The van der Waals surface area contributed by atoms with Crippen LogP contribution in [0.25, 0.3) is 0 Å². The lowest BCUT2D eigenvalue weighted by Gasteiger charge is -2.23. The molecule has 1 aromatic rings. The molecule has 0 spiro atoms. The number of carbonyl (C=O) groups excluding carboxylic acids is 1. The summed E-state index contributed by atoms with van der Waals surface area (Å²) in [5, 5.41) is 6.18. The van der Waals surface area contributed by atoms with E-state index in [0.717, 1.165) is 6.42 Å². The topological polar surface area (TPSA) is 50.4 Å². The molecule has 0 fully saturated rings. The Balaban J connectivity index is 2.26. The van der Waals surface area contributed by atoms with Gasteiger partial charge in [-0.3, -0.25) is 0 Å². The lowest BCUT2D eigenvalue weighted by atomic mass is 10.1. The zero-order valence-corrected chi connectivity index (χ0v) is 14.8. The minimum absolute atomic E-state index is 0.000751. The molecular formula is C18H29FN2O2. The van der Waals surface area contributed by atoms with Crippen molar-refractivity contribution in [3.63, 3.8) is 0 Å². The highest BCUT2D eigenvalue weighted by Gasteiger charge is 2.18. The molecule has 130 valence electrons. The highest BCUT2D eigenvalue weighted by Crippen LogP contribution is 2.08. The van der Waals surface area contributed by atoms with Crippen molar-refractivity contribution in [2.45, 2.75) is 65.1 Å². The number of benzene rings is 1. The first kappa shape index (κ1) is 19.4. The van der Waals surface area contributed by atoms with Crippen molar-refractivity contribution in [2.24, 2.45) is 0 Å². The molecule has 2 unspecified atom stereocenters. The fraction of sp³-hybridized carbons (Fsp3) is 0.611. The maximum Gasteiger partial charge on any atom is 0.407 e. The summed E-state index contributed by atoms with van der Waals surface area (Å²) >= 11 is 0. The molecule has 4 nitrogen and oxygen atoms in total. The minimum atomic E-state index is -0.493. The van der Waals surface area contributed by atoms with Crippen LogP contribution < -0.4 is 10.6 Å². The van der Waals surface area contributed by atoms with E-state index in [0.29, 0.717) is 18.5 Å². The zero-order chi connectivity index (χ0) is 17.5. The number of nitrogens with one attached hydrogen (secondary N) is 2. The quantitative estimate of drug-likeness (QED) is 0.805. The van der Waals surface area contributed by atoms with E-state index in [2.05, 4.69) is 17.6 Å². The molecule has 0 aromatic heterocycles. The van der Waals surface area contributed by atoms with Crippen molar-refractivity contribution in [3.05, 3.63) is 35.6 Å². The molecule has 0 aliphatic heterocycles. The lowest BCUT2D eigenvalue weighted by Crippen LogP contribution is -2.41. The Morgan fingerprint density at radius 2 is 1.87 bits per heavy atom. The molecule has 2 atom stereocenters. The van der Waals surface area contributed by atoms with Gasteiger partial charge in [-0.2, -0.15) is 0 Å². The van der Waals surface area contributed by atoms with Crippen molar-refractivity contribution >= 4 is 6.09 Å². The van der Waals surface area contributed by atoms with Crippen LogP contribution in [-0.4, -0.2) is 30.3 Å². The van der Waals surface area contributed by atoms with Gasteiger partial charge in [-0.15, -0.1) is 0 Å². The van der Waals surface area contributed by atoms with Crippen LogP contribution in [0.15, 0.2) is 24.3 Å². The predicted molar refractivity (Wildman–Crippen MR) is 91.0 cm³/mol. The molecule has 1 rings (SSSR count). The molecule has 0 aliphatic rings. The SMILES string of the molecule is CC(CC(C)NC(=O)OC(C)(C)C)NCCc1ccccc1F. The second-order valence-corrected chi connectivity index (χ2v) is 6.98. The molecular weight excluding hydrogens is 295 g/mol. The van der Waals surface area contributed by atoms with E-state index in [1.165, 1.54) is 6.07 Å². The number of amides is 1. The molecule has 0 radical (unpaired) electrons. The van der Waals surface area contributed by atoms with Crippen molar-refractivity contribution in [2.75, 3.05) is 6.54 Å². The van der Waals surface area contributed by atoms with E-state index >= 15 is 0 Å². The standard InChI is InChI=1S/C18H29FN2O2/c1-13(12-14(2)21-17(22)23-18(3,4)5)20-11-10-15-8-6-7-9-16(15)19/h6-9,13-14,20H,10-12H2,1-5H3,(H,21,22). The van der Waals surface area contributed by atoms with Crippen LogP contribution in [-0.2, 0) is 11.2 Å². The lowest BCUT2D eigenvalue weighted by molar-refractivity contribution is 0.0504. The fourth-order valence-corrected chi connectivity index (χ4v) is 2.34. The van der Waals surface area contributed by atoms with Crippen LogP contribution in [0.3, 0.4) is 0 Å². The molecule has 2 N–H and O–H groups in total. The molecule has 5 heteroatoms. The van der Waals surface area contributed by atoms with Crippen molar-refractivity contribution in [1.82, 2.24) is 10.6 Å². The van der Waals surface area contributed by atoms with Gasteiger partial charge < -0.3 is 15.4 Å². The normalized spacial score (nSPS) is 14.2. The average Bonchev–Trinajstić information content (AvgIpc) is 2.38. The van der Waals surface area contributed by atoms with Crippen molar-refractivity contribution in [3.8, 4) is 0 Å². The Kier molecular flexibility index (Phi) is 7.49. The number of rotatable bonds is 7. The summed E-state index contributed by atoms with van der Waals surface area (Å²) in [6.45, 7) is 10.2. The van der Waals surface area contributed by atoms with Gasteiger partial charge >= 0.3 is 6.09 Å². The summed E-state index contributed by atoms with van der Waals surface area (Å²) in [6.07, 6.45) is 1.02. The van der Waals surface area contributed by atoms with Crippen molar-refractivity contribution in [1.29, 1.82) is 0 Å². The van der Waals surface area contributed by atoms with E-state index in [9.17, 15) is 9.18 Å². The van der Waals surface area contributed by atoms with E-state index in [1.54, 1.807) is 12.1 Å². The first-order valence-corrected chi connectivity index (χ1v) is 8.13. The molecule has 0 heterocycles. The van der Waals surface area contributed by atoms with Gasteiger partial charge in [0, 0.05) is 12.1 Å². The second kappa shape index (κ2) is 8.87. The Labute approximate surface area is 138 Å². The van der Waals surface area contributed by atoms with Crippen LogP contribution in [0.1, 0.15) is 46.6 Å². The molecule has 0 bridgehead atoms.